The van der Waals surface area contributed by atoms with Crippen LogP contribution in [0.1, 0.15) is 31.2 Å². The minimum atomic E-state index is -5.08. The molecule has 6 nitrogen and oxygen atoms in total. The fraction of sp³-hybridized carbons (Fsp3) is 0.417. The number of alkyl halides is 3. The number of carboxylic acid groups (broad SMARTS) is 1. The van der Waals surface area contributed by atoms with E-state index in [0.717, 1.165) is 48.9 Å². The first-order chi connectivity index (χ1) is 16.0. The van der Waals surface area contributed by atoms with E-state index < -0.39 is 12.1 Å². The Labute approximate surface area is 196 Å². The molecule has 0 radical (unpaired) electrons. The Balaban J connectivity index is 0.000000509. The molecule has 0 aromatic heterocycles. The van der Waals surface area contributed by atoms with E-state index in [1.807, 2.05) is 37.4 Å². The Bertz CT molecular complexity index is 943. The average Bonchev–Trinajstić information content (AvgIpc) is 2.83. The van der Waals surface area contributed by atoms with Crippen LogP contribution in [0.3, 0.4) is 0 Å². The van der Waals surface area contributed by atoms with Crippen molar-refractivity contribution >= 4 is 18.1 Å². The van der Waals surface area contributed by atoms with Gasteiger partial charge in [0.15, 0.2) is 0 Å². The van der Waals surface area contributed by atoms with Gasteiger partial charge in [-0.2, -0.15) is 13.2 Å². The number of hydrogen-bond donors (Lipinski definition) is 3. The Kier molecular flexibility index (Phi) is 10.0. The van der Waals surface area contributed by atoms with Crippen LogP contribution in [-0.2, 0) is 16.1 Å². The number of hydrogen-bond acceptors (Lipinski definition) is 4. The minimum absolute atomic E-state index is 0.174. The van der Waals surface area contributed by atoms with E-state index in [0.29, 0.717) is 24.2 Å². The molecule has 3 N–H and O–H groups in total. The largest absolute Gasteiger partial charge is 0.490 e. The molecule has 0 unspecified atom stereocenters. The van der Waals surface area contributed by atoms with E-state index in [2.05, 4.69) is 10.6 Å². The lowest BCUT2D eigenvalue weighted by molar-refractivity contribution is -0.192. The van der Waals surface area contributed by atoms with Gasteiger partial charge in [0.05, 0.1) is 0 Å². The van der Waals surface area contributed by atoms with Gasteiger partial charge >= 0.3 is 12.1 Å². The van der Waals surface area contributed by atoms with E-state index >= 15 is 0 Å². The lowest BCUT2D eigenvalue weighted by Gasteiger charge is -2.29. The van der Waals surface area contributed by atoms with Crippen molar-refractivity contribution in [3.05, 3.63) is 53.8 Å². The van der Waals surface area contributed by atoms with Gasteiger partial charge in [-0.15, -0.1) is 0 Å². The predicted molar refractivity (Wildman–Crippen MR) is 122 cm³/mol. The number of benzene rings is 2. The number of amides is 1. The highest BCUT2D eigenvalue weighted by Gasteiger charge is 2.38. The van der Waals surface area contributed by atoms with Crippen LogP contribution in [0.5, 0.6) is 0 Å². The first-order valence-corrected chi connectivity index (χ1v) is 10.8. The van der Waals surface area contributed by atoms with Crippen molar-refractivity contribution in [1.29, 1.82) is 0 Å². The highest BCUT2D eigenvalue weighted by Crippen LogP contribution is 2.25. The zero-order valence-electron chi connectivity index (χ0n) is 19.0. The molecule has 1 amide bonds. The van der Waals surface area contributed by atoms with E-state index in [1.165, 1.54) is 11.0 Å². The number of nitrogens with zero attached hydrogens (tertiary/aromatic N) is 1. The molecule has 1 saturated carbocycles. The Hall–Kier alpha value is -2.98. The van der Waals surface area contributed by atoms with Gasteiger partial charge in [-0.3, -0.25) is 4.79 Å². The van der Waals surface area contributed by atoms with Gasteiger partial charge in [-0.25, -0.2) is 9.18 Å². The molecule has 0 aliphatic heterocycles. The topological polar surface area (TPSA) is 81.7 Å². The molecule has 2 aromatic carbocycles. The van der Waals surface area contributed by atoms with Gasteiger partial charge in [0.2, 0.25) is 6.41 Å². The van der Waals surface area contributed by atoms with E-state index in [1.54, 1.807) is 13.1 Å². The normalized spacial score (nSPS) is 17.9. The third kappa shape index (κ3) is 8.11. The van der Waals surface area contributed by atoms with Crippen molar-refractivity contribution < 1.29 is 32.3 Å². The quantitative estimate of drug-likeness (QED) is 0.403. The molecule has 2 aromatic rings. The van der Waals surface area contributed by atoms with Gasteiger partial charge in [0.1, 0.15) is 5.82 Å². The number of aliphatic carboxylic acids is 1. The summed E-state index contributed by atoms with van der Waals surface area (Å²) in [6.07, 6.45) is 0.272. The molecular weight excluding hydrogens is 454 g/mol. The van der Waals surface area contributed by atoms with E-state index in [-0.39, 0.29) is 5.82 Å². The van der Waals surface area contributed by atoms with Crippen LogP contribution in [0.25, 0.3) is 11.1 Å². The van der Waals surface area contributed by atoms with Crippen molar-refractivity contribution in [3.8, 4) is 11.1 Å². The average molecular weight is 484 g/mol. The maximum Gasteiger partial charge on any atom is 0.490 e. The monoisotopic (exact) mass is 483 g/mol. The summed E-state index contributed by atoms with van der Waals surface area (Å²) in [7, 11) is 3.73. The first kappa shape index (κ1) is 27.3. The molecule has 1 aliphatic carbocycles. The predicted octanol–water partition coefficient (Wildman–Crippen LogP) is 4.34. The van der Waals surface area contributed by atoms with Crippen molar-refractivity contribution in [2.24, 2.45) is 0 Å². The van der Waals surface area contributed by atoms with Crippen LogP contribution >= 0.6 is 0 Å². The van der Waals surface area contributed by atoms with Crippen LogP contribution in [0.15, 0.2) is 42.5 Å². The number of halogens is 4. The third-order valence-corrected chi connectivity index (χ3v) is 5.77. The van der Waals surface area contributed by atoms with Crippen molar-refractivity contribution in [1.82, 2.24) is 10.6 Å². The maximum absolute atomic E-state index is 14.3. The summed E-state index contributed by atoms with van der Waals surface area (Å²) in [6.45, 7) is 0.542. The molecule has 34 heavy (non-hydrogen) atoms. The smallest absolute Gasteiger partial charge is 0.475 e. The van der Waals surface area contributed by atoms with Gasteiger partial charge in [0.25, 0.3) is 0 Å². The molecule has 0 saturated heterocycles. The summed E-state index contributed by atoms with van der Waals surface area (Å²) in [5.41, 5.74) is 3.51. The number of anilines is 1. The highest BCUT2D eigenvalue weighted by molar-refractivity contribution is 5.76. The maximum atomic E-state index is 14.3. The minimum Gasteiger partial charge on any atom is -0.475 e. The molecule has 0 bridgehead atoms. The van der Waals surface area contributed by atoms with Crippen LogP contribution in [0.4, 0.5) is 23.2 Å². The second kappa shape index (κ2) is 12.5. The number of carboxylic acids is 1. The molecule has 0 heterocycles. The zero-order valence-corrected chi connectivity index (χ0v) is 19.0. The van der Waals surface area contributed by atoms with Crippen LogP contribution in [0, 0.1) is 5.82 Å². The lowest BCUT2D eigenvalue weighted by Crippen LogP contribution is -2.38. The first-order valence-electron chi connectivity index (χ1n) is 10.8. The van der Waals surface area contributed by atoms with Crippen LogP contribution < -0.4 is 15.5 Å². The number of carbonyl (C=O) groups excluding carboxylic acids is 1. The number of rotatable bonds is 7. The van der Waals surface area contributed by atoms with E-state index in [4.69, 9.17) is 9.90 Å². The molecule has 1 aliphatic rings. The Morgan fingerprint density at radius 1 is 1.06 bits per heavy atom. The summed E-state index contributed by atoms with van der Waals surface area (Å²) >= 11 is 0. The summed E-state index contributed by atoms with van der Waals surface area (Å²) in [5.74, 6) is -2.93. The standard InChI is InChI=1S/C22H28FN3O.C2HF3O2/c1-24-19-6-8-20(9-7-19)25-14-18-13-17(5-12-22(18)23)16-3-10-21(11-4-16)26(2)15-27;3-2(4,5)1(6)7/h3-5,10-13,15,19-20,24-25H,6-9,14H2,1-2H3;(H,6,7). The number of nitrogens with one attached hydrogen (secondary N) is 2. The molecule has 10 heteroatoms. The number of carbonyl (C=O) groups is 2. The summed E-state index contributed by atoms with van der Waals surface area (Å²) in [6, 6.07) is 14.0. The fourth-order valence-electron chi connectivity index (χ4n) is 3.68. The molecule has 0 atom stereocenters. The van der Waals surface area contributed by atoms with Crippen molar-refractivity contribution in [3.63, 3.8) is 0 Å². The van der Waals surface area contributed by atoms with Crippen LogP contribution in [-0.4, -0.2) is 49.8 Å². The summed E-state index contributed by atoms with van der Waals surface area (Å²) < 4.78 is 46.0. The van der Waals surface area contributed by atoms with Crippen LogP contribution in [0.2, 0.25) is 0 Å². The third-order valence-electron chi connectivity index (χ3n) is 5.77. The Morgan fingerprint density at radius 3 is 2.09 bits per heavy atom. The Morgan fingerprint density at radius 2 is 1.59 bits per heavy atom. The van der Waals surface area contributed by atoms with E-state index in [9.17, 15) is 22.4 Å². The highest BCUT2D eigenvalue weighted by atomic mass is 19.4. The lowest BCUT2D eigenvalue weighted by atomic mass is 9.91. The van der Waals surface area contributed by atoms with Crippen molar-refractivity contribution in [2.75, 3.05) is 19.0 Å². The van der Waals surface area contributed by atoms with Gasteiger partial charge in [-0.05, 0) is 68.1 Å². The summed E-state index contributed by atoms with van der Waals surface area (Å²) in [4.78, 5) is 21.3. The molecule has 186 valence electrons. The molecule has 1 fully saturated rings. The SMILES string of the molecule is CNC1CCC(NCc2cc(-c3ccc(N(C)C=O)cc3)ccc2F)CC1.O=C(O)C(F)(F)F. The second-order valence-electron chi connectivity index (χ2n) is 8.09. The molecular formula is C24H29F4N3O3. The van der Waals surface area contributed by atoms with Crippen molar-refractivity contribution in [2.45, 2.75) is 50.5 Å². The molecule has 3 rings (SSSR count). The molecule has 0 spiro atoms. The van der Waals surface area contributed by atoms with Gasteiger partial charge in [0, 0.05) is 36.9 Å². The van der Waals surface area contributed by atoms with Gasteiger partial charge in [-0.1, -0.05) is 18.2 Å². The second-order valence-corrected chi connectivity index (χ2v) is 8.09. The summed E-state index contributed by atoms with van der Waals surface area (Å²) in [5, 5.41) is 14.0. The zero-order chi connectivity index (χ0) is 25.3. The van der Waals surface area contributed by atoms with Gasteiger partial charge < -0.3 is 20.6 Å². The fourth-order valence-corrected chi connectivity index (χ4v) is 3.68.